The van der Waals surface area contributed by atoms with Crippen molar-refractivity contribution in [1.82, 2.24) is 5.32 Å². The average Bonchev–Trinajstić information content (AvgIpc) is 3.18. The minimum Gasteiger partial charge on any atom is -0.492 e. The van der Waals surface area contributed by atoms with E-state index in [1.807, 2.05) is 18.2 Å². The molecule has 1 fully saturated rings. The fraction of sp³-hybridized carbons (Fsp3) is 0.500. The van der Waals surface area contributed by atoms with Crippen LogP contribution in [0.4, 0.5) is 5.69 Å². The Morgan fingerprint density at radius 2 is 2.22 bits per heavy atom. The maximum absolute atomic E-state index is 11.3. The Morgan fingerprint density at radius 1 is 1.33 bits per heavy atom. The van der Waals surface area contributed by atoms with Gasteiger partial charge in [-0.15, -0.1) is 0 Å². The van der Waals surface area contributed by atoms with Gasteiger partial charge in [0.1, 0.15) is 12.4 Å². The van der Waals surface area contributed by atoms with Crippen LogP contribution in [-0.2, 0) is 11.2 Å². The summed E-state index contributed by atoms with van der Waals surface area (Å²) in [5, 5.41) is 6.29. The van der Waals surface area contributed by atoms with Gasteiger partial charge in [0.2, 0.25) is 5.91 Å². The van der Waals surface area contributed by atoms with Crippen LogP contribution in [0.3, 0.4) is 0 Å². The number of hydrogen-bond donors (Lipinski definition) is 2. The quantitative estimate of drug-likeness (QED) is 0.777. The predicted molar refractivity (Wildman–Crippen MR) is 69.9 cm³/mol. The molecule has 1 amide bonds. The zero-order valence-electron chi connectivity index (χ0n) is 10.4. The molecule has 0 spiro atoms. The number of aryl methyl sites for hydroxylation is 1. The maximum atomic E-state index is 11.3. The molecule has 0 atom stereocenters. The van der Waals surface area contributed by atoms with Crippen molar-refractivity contribution in [2.75, 3.05) is 18.5 Å². The molecular formula is C14H18N2O2. The Bertz CT molecular complexity index is 455. The van der Waals surface area contributed by atoms with Crippen molar-refractivity contribution in [3.63, 3.8) is 0 Å². The van der Waals surface area contributed by atoms with Gasteiger partial charge in [-0.05, 0) is 30.9 Å². The molecule has 2 N–H and O–H groups in total. The van der Waals surface area contributed by atoms with E-state index in [1.165, 1.54) is 18.4 Å². The van der Waals surface area contributed by atoms with Gasteiger partial charge in [0, 0.05) is 30.8 Å². The van der Waals surface area contributed by atoms with Gasteiger partial charge in [0.05, 0.1) is 0 Å². The number of amides is 1. The number of carbonyl (C=O) groups is 1. The van der Waals surface area contributed by atoms with E-state index in [0.717, 1.165) is 30.4 Å². The Balaban J connectivity index is 1.55. The molecule has 3 rings (SSSR count). The second-order valence-corrected chi connectivity index (χ2v) is 4.94. The lowest BCUT2D eigenvalue weighted by Crippen LogP contribution is -2.23. The molecule has 1 heterocycles. The highest BCUT2D eigenvalue weighted by atomic mass is 16.5. The van der Waals surface area contributed by atoms with E-state index in [4.69, 9.17) is 4.74 Å². The topological polar surface area (TPSA) is 50.4 Å². The van der Waals surface area contributed by atoms with Crippen molar-refractivity contribution in [1.29, 1.82) is 0 Å². The lowest BCUT2D eigenvalue weighted by Gasteiger charge is -2.17. The van der Waals surface area contributed by atoms with Crippen molar-refractivity contribution >= 4 is 11.6 Å². The highest BCUT2D eigenvalue weighted by Crippen LogP contribution is 2.27. The molecule has 96 valence electrons. The summed E-state index contributed by atoms with van der Waals surface area (Å²) in [6, 6.07) is 6.66. The molecule has 2 aliphatic rings. The van der Waals surface area contributed by atoms with Gasteiger partial charge < -0.3 is 15.4 Å². The predicted octanol–water partition coefficient (Wildman–Crippen LogP) is 1.70. The van der Waals surface area contributed by atoms with E-state index < -0.39 is 0 Å². The highest BCUT2D eigenvalue weighted by Gasteiger charge is 2.19. The van der Waals surface area contributed by atoms with Crippen molar-refractivity contribution < 1.29 is 9.53 Å². The van der Waals surface area contributed by atoms with E-state index in [1.54, 1.807) is 0 Å². The van der Waals surface area contributed by atoms with Crippen LogP contribution in [0.1, 0.15) is 24.8 Å². The number of hydrogen-bond acceptors (Lipinski definition) is 3. The Labute approximate surface area is 107 Å². The molecule has 0 saturated heterocycles. The molecule has 1 saturated carbocycles. The van der Waals surface area contributed by atoms with Gasteiger partial charge in [-0.2, -0.15) is 0 Å². The monoisotopic (exact) mass is 246 g/mol. The summed E-state index contributed by atoms with van der Waals surface area (Å²) in [5.74, 6) is 0.920. The zero-order valence-corrected chi connectivity index (χ0v) is 10.4. The highest BCUT2D eigenvalue weighted by molar-refractivity contribution is 5.94. The summed E-state index contributed by atoms with van der Waals surface area (Å²) in [6.45, 7) is 1.55. The second kappa shape index (κ2) is 4.98. The molecule has 0 bridgehead atoms. The van der Waals surface area contributed by atoms with E-state index in [0.29, 0.717) is 13.0 Å². The number of anilines is 1. The van der Waals surface area contributed by atoms with Crippen molar-refractivity contribution in [2.45, 2.75) is 31.7 Å². The Hall–Kier alpha value is -1.55. The second-order valence-electron chi connectivity index (χ2n) is 4.94. The summed E-state index contributed by atoms with van der Waals surface area (Å²) in [4.78, 5) is 11.3. The Morgan fingerprint density at radius 3 is 3.06 bits per heavy atom. The lowest BCUT2D eigenvalue weighted by molar-refractivity contribution is -0.116. The van der Waals surface area contributed by atoms with E-state index in [9.17, 15) is 4.79 Å². The standard InChI is InChI=1S/C14H18N2O2/c17-14-6-2-10-1-5-12(9-13(10)16-14)18-8-7-15-11-3-4-11/h1,5,9,11,15H,2-4,6-8H2,(H,16,17). The third-order valence-electron chi connectivity index (χ3n) is 3.36. The minimum absolute atomic E-state index is 0.0926. The molecule has 0 unspecified atom stereocenters. The van der Waals surface area contributed by atoms with Crippen LogP contribution in [0.15, 0.2) is 18.2 Å². The molecule has 18 heavy (non-hydrogen) atoms. The molecule has 4 nitrogen and oxygen atoms in total. The average molecular weight is 246 g/mol. The van der Waals surface area contributed by atoms with Gasteiger partial charge >= 0.3 is 0 Å². The molecule has 1 aliphatic carbocycles. The molecule has 1 aromatic rings. The number of rotatable bonds is 5. The number of carbonyl (C=O) groups excluding carboxylic acids is 1. The molecule has 0 radical (unpaired) electrons. The molecule has 1 aromatic carbocycles. The van der Waals surface area contributed by atoms with Crippen LogP contribution in [0, 0.1) is 0 Å². The number of benzene rings is 1. The van der Waals surface area contributed by atoms with Gasteiger partial charge in [0.25, 0.3) is 0 Å². The van der Waals surface area contributed by atoms with Crippen LogP contribution in [-0.4, -0.2) is 25.1 Å². The smallest absolute Gasteiger partial charge is 0.224 e. The molecule has 0 aromatic heterocycles. The number of ether oxygens (including phenoxy) is 1. The largest absolute Gasteiger partial charge is 0.492 e. The fourth-order valence-corrected chi connectivity index (χ4v) is 2.16. The SMILES string of the molecule is O=C1CCc2ccc(OCCNC3CC3)cc2N1. The molecule has 1 aliphatic heterocycles. The summed E-state index contributed by atoms with van der Waals surface area (Å²) in [6.07, 6.45) is 4.00. The Kier molecular flexibility index (Phi) is 3.19. The van der Waals surface area contributed by atoms with Crippen LogP contribution < -0.4 is 15.4 Å². The van der Waals surface area contributed by atoms with Gasteiger partial charge in [-0.3, -0.25) is 4.79 Å². The van der Waals surface area contributed by atoms with Crippen LogP contribution in [0.25, 0.3) is 0 Å². The van der Waals surface area contributed by atoms with Gasteiger partial charge in [-0.1, -0.05) is 6.07 Å². The first-order chi connectivity index (χ1) is 8.81. The third kappa shape index (κ3) is 2.82. The summed E-state index contributed by atoms with van der Waals surface area (Å²) in [5.41, 5.74) is 2.09. The van der Waals surface area contributed by atoms with Crippen LogP contribution >= 0.6 is 0 Å². The zero-order chi connectivity index (χ0) is 12.4. The van der Waals surface area contributed by atoms with Crippen molar-refractivity contribution in [3.8, 4) is 5.75 Å². The van der Waals surface area contributed by atoms with Crippen LogP contribution in [0.5, 0.6) is 5.75 Å². The normalized spacial score (nSPS) is 18.1. The lowest BCUT2D eigenvalue weighted by atomic mass is 10.0. The first-order valence-corrected chi connectivity index (χ1v) is 6.60. The number of nitrogens with one attached hydrogen (secondary N) is 2. The summed E-state index contributed by atoms with van der Waals surface area (Å²) in [7, 11) is 0. The minimum atomic E-state index is 0.0926. The summed E-state index contributed by atoms with van der Waals surface area (Å²) < 4.78 is 5.67. The van der Waals surface area contributed by atoms with Gasteiger partial charge in [0.15, 0.2) is 0 Å². The van der Waals surface area contributed by atoms with E-state index in [-0.39, 0.29) is 5.91 Å². The van der Waals surface area contributed by atoms with E-state index >= 15 is 0 Å². The first-order valence-electron chi connectivity index (χ1n) is 6.60. The van der Waals surface area contributed by atoms with Crippen molar-refractivity contribution in [3.05, 3.63) is 23.8 Å². The molecular weight excluding hydrogens is 228 g/mol. The first kappa shape index (κ1) is 11.5. The fourth-order valence-electron chi connectivity index (χ4n) is 2.16. The number of fused-ring (bicyclic) bond motifs is 1. The maximum Gasteiger partial charge on any atom is 0.224 e. The summed E-state index contributed by atoms with van der Waals surface area (Å²) >= 11 is 0. The third-order valence-corrected chi connectivity index (χ3v) is 3.36. The van der Waals surface area contributed by atoms with Crippen molar-refractivity contribution in [2.24, 2.45) is 0 Å². The van der Waals surface area contributed by atoms with Crippen LogP contribution in [0.2, 0.25) is 0 Å². The van der Waals surface area contributed by atoms with Gasteiger partial charge in [-0.25, -0.2) is 0 Å². The molecule has 4 heteroatoms. The van der Waals surface area contributed by atoms with E-state index in [2.05, 4.69) is 10.6 Å².